The van der Waals surface area contributed by atoms with Crippen molar-refractivity contribution in [3.63, 3.8) is 0 Å². The molecular weight excluding hydrogens is 228 g/mol. The van der Waals surface area contributed by atoms with Gasteiger partial charge in [-0.1, -0.05) is 30.3 Å². The lowest BCUT2D eigenvalue weighted by Gasteiger charge is -2.03. The Kier molecular flexibility index (Phi) is 4.95. The highest BCUT2D eigenvalue weighted by atomic mass is 35.5. The van der Waals surface area contributed by atoms with Gasteiger partial charge in [0.05, 0.1) is 4.92 Å². The van der Waals surface area contributed by atoms with E-state index in [2.05, 4.69) is 11.9 Å². The predicted molar refractivity (Wildman–Crippen MR) is 64.7 cm³/mol. The van der Waals surface area contributed by atoms with Crippen LogP contribution in [0.4, 0.5) is 5.69 Å². The smallest absolute Gasteiger partial charge is 0.269 e. The van der Waals surface area contributed by atoms with Crippen molar-refractivity contribution in [2.24, 2.45) is 0 Å². The zero-order valence-electron chi connectivity index (χ0n) is 8.78. The number of halogens is 1. The maximum absolute atomic E-state index is 10.4. The van der Waals surface area contributed by atoms with Gasteiger partial charge >= 0.3 is 0 Å². The minimum absolute atomic E-state index is 0.117. The summed E-state index contributed by atoms with van der Waals surface area (Å²) in [6.07, 6.45) is 0.808. The van der Waals surface area contributed by atoms with E-state index in [0.717, 1.165) is 18.5 Å². The highest BCUT2D eigenvalue weighted by molar-refractivity contribution is 6.29. The molecule has 0 heterocycles. The van der Waals surface area contributed by atoms with Gasteiger partial charge < -0.3 is 5.32 Å². The first-order chi connectivity index (χ1) is 7.59. The quantitative estimate of drug-likeness (QED) is 0.472. The Balaban J connectivity index is 2.38. The first-order valence-electron chi connectivity index (χ1n) is 4.87. The second-order valence-corrected chi connectivity index (χ2v) is 3.90. The van der Waals surface area contributed by atoms with Crippen molar-refractivity contribution in [2.45, 2.75) is 6.42 Å². The van der Waals surface area contributed by atoms with Gasteiger partial charge in [-0.25, -0.2) is 0 Å². The SMILES string of the molecule is C=C(Cl)CNCCc1ccc([N+](=O)[O-])cc1. The summed E-state index contributed by atoms with van der Waals surface area (Å²) < 4.78 is 0. The molecule has 0 saturated heterocycles. The maximum atomic E-state index is 10.4. The van der Waals surface area contributed by atoms with Crippen LogP contribution in [0.1, 0.15) is 5.56 Å². The minimum Gasteiger partial charge on any atom is -0.311 e. The molecule has 0 atom stereocenters. The molecule has 16 heavy (non-hydrogen) atoms. The average molecular weight is 241 g/mol. The molecule has 1 N–H and O–H groups in total. The van der Waals surface area contributed by atoms with E-state index in [4.69, 9.17) is 11.6 Å². The lowest BCUT2D eigenvalue weighted by atomic mass is 10.1. The highest BCUT2D eigenvalue weighted by Gasteiger charge is 2.03. The first-order valence-corrected chi connectivity index (χ1v) is 5.24. The Morgan fingerprint density at radius 2 is 2.06 bits per heavy atom. The third-order valence-electron chi connectivity index (χ3n) is 2.05. The summed E-state index contributed by atoms with van der Waals surface area (Å²) in [4.78, 5) is 10.0. The molecule has 0 radical (unpaired) electrons. The molecule has 5 heteroatoms. The Labute approximate surface area is 99.1 Å². The van der Waals surface area contributed by atoms with Gasteiger partial charge in [-0.15, -0.1) is 0 Å². The number of nitrogens with one attached hydrogen (secondary N) is 1. The van der Waals surface area contributed by atoms with E-state index in [9.17, 15) is 10.1 Å². The average Bonchev–Trinajstić information content (AvgIpc) is 2.25. The van der Waals surface area contributed by atoms with E-state index in [0.29, 0.717) is 11.6 Å². The fourth-order valence-corrected chi connectivity index (χ4v) is 1.34. The molecule has 0 aliphatic heterocycles. The van der Waals surface area contributed by atoms with Gasteiger partial charge in [0.25, 0.3) is 5.69 Å². The van der Waals surface area contributed by atoms with Crippen LogP contribution in [-0.2, 0) is 6.42 Å². The first kappa shape index (κ1) is 12.7. The number of hydrogen-bond acceptors (Lipinski definition) is 3. The number of nitro groups is 1. The summed E-state index contributed by atoms with van der Waals surface area (Å²) in [5, 5.41) is 14.1. The van der Waals surface area contributed by atoms with E-state index >= 15 is 0 Å². The van der Waals surface area contributed by atoms with Crippen molar-refractivity contribution in [1.82, 2.24) is 5.32 Å². The Hall–Kier alpha value is -1.39. The molecule has 0 saturated carbocycles. The summed E-state index contributed by atoms with van der Waals surface area (Å²) in [6, 6.07) is 6.54. The molecule has 4 nitrogen and oxygen atoms in total. The van der Waals surface area contributed by atoms with Gasteiger partial charge in [0.2, 0.25) is 0 Å². The summed E-state index contributed by atoms with van der Waals surface area (Å²) in [5.74, 6) is 0. The van der Waals surface area contributed by atoms with E-state index in [1.165, 1.54) is 12.1 Å². The van der Waals surface area contributed by atoms with Crippen molar-refractivity contribution in [3.8, 4) is 0 Å². The molecule has 1 aromatic carbocycles. The number of rotatable bonds is 6. The van der Waals surface area contributed by atoms with Crippen molar-refractivity contribution in [1.29, 1.82) is 0 Å². The molecule has 0 spiro atoms. The summed E-state index contributed by atoms with van der Waals surface area (Å²) in [5.41, 5.74) is 1.17. The van der Waals surface area contributed by atoms with Crippen LogP contribution in [0.3, 0.4) is 0 Å². The number of nitrogens with zero attached hydrogens (tertiary/aromatic N) is 1. The second kappa shape index (κ2) is 6.25. The van der Waals surface area contributed by atoms with Crippen molar-refractivity contribution in [3.05, 3.63) is 51.6 Å². The second-order valence-electron chi connectivity index (χ2n) is 3.37. The van der Waals surface area contributed by atoms with E-state index < -0.39 is 4.92 Å². The number of nitro benzene ring substituents is 1. The van der Waals surface area contributed by atoms with Gasteiger partial charge in [-0.2, -0.15) is 0 Å². The maximum Gasteiger partial charge on any atom is 0.269 e. The van der Waals surface area contributed by atoms with Crippen LogP contribution in [0.15, 0.2) is 35.9 Å². The fourth-order valence-electron chi connectivity index (χ4n) is 1.24. The molecule has 1 aromatic rings. The monoisotopic (exact) mass is 240 g/mol. The molecule has 0 bridgehead atoms. The Bertz CT molecular complexity index is 376. The molecule has 0 aliphatic rings. The fraction of sp³-hybridized carbons (Fsp3) is 0.273. The van der Waals surface area contributed by atoms with Crippen LogP contribution in [0.25, 0.3) is 0 Å². The predicted octanol–water partition coefficient (Wildman–Crippen LogP) is 2.48. The zero-order valence-corrected chi connectivity index (χ0v) is 9.54. The molecule has 0 amide bonds. The normalized spacial score (nSPS) is 10.1. The Morgan fingerprint density at radius 1 is 1.44 bits per heavy atom. The van der Waals surface area contributed by atoms with Gasteiger partial charge in [-0.05, 0) is 18.5 Å². The molecule has 0 aromatic heterocycles. The largest absolute Gasteiger partial charge is 0.311 e. The number of hydrogen-bond donors (Lipinski definition) is 1. The molecule has 86 valence electrons. The topological polar surface area (TPSA) is 55.2 Å². The van der Waals surface area contributed by atoms with Crippen molar-refractivity contribution >= 4 is 17.3 Å². The van der Waals surface area contributed by atoms with E-state index in [1.807, 2.05) is 0 Å². The lowest BCUT2D eigenvalue weighted by Crippen LogP contribution is -2.18. The molecular formula is C11H13ClN2O2. The van der Waals surface area contributed by atoms with Crippen molar-refractivity contribution < 1.29 is 4.92 Å². The molecule has 0 fully saturated rings. The van der Waals surface area contributed by atoms with Crippen LogP contribution in [0.5, 0.6) is 0 Å². The van der Waals surface area contributed by atoms with Crippen LogP contribution in [-0.4, -0.2) is 18.0 Å². The van der Waals surface area contributed by atoms with Gasteiger partial charge in [0.15, 0.2) is 0 Å². The van der Waals surface area contributed by atoms with Gasteiger partial charge in [-0.3, -0.25) is 10.1 Å². The molecule has 0 unspecified atom stereocenters. The van der Waals surface area contributed by atoms with Crippen LogP contribution in [0.2, 0.25) is 0 Å². The third-order valence-corrected chi connectivity index (χ3v) is 2.19. The standard InChI is InChI=1S/C11H13ClN2O2/c1-9(12)8-13-7-6-10-2-4-11(5-3-10)14(15)16/h2-5,13H,1,6-8H2. The molecule has 0 aliphatic carbocycles. The van der Waals surface area contributed by atoms with Crippen molar-refractivity contribution in [2.75, 3.05) is 13.1 Å². The summed E-state index contributed by atoms with van der Waals surface area (Å²) in [6.45, 7) is 4.90. The van der Waals surface area contributed by atoms with Gasteiger partial charge in [0, 0.05) is 23.7 Å². The Morgan fingerprint density at radius 3 is 2.56 bits per heavy atom. The number of non-ortho nitro benzene ring substituents is 1. The van der Waals surface area contributed by atoms with Crippen LogP contribution >= 0.6 is 11.6 Å². The molecule has 1 rings (SSSR count). The van der Waals surface area contributed by atoms with E-state index in [-0.39, 0.29) is 5.69 Å². The summed E-state index contributed by atoms with van der Waals surface area (Å²) in [7, 11) is 0. The van der Waals surface area contributed by atoms with E-state index in [1.54, 1.807) is 12.1 Å². The zero-order chi connectivity index (χ0) is 12.0. The number of benzene rings is 1. The van der Waals surface area contributed by atoms with Gasteiger partial charge in [0.1, 0.15) is 0 Å². The minimum atomic E-state index is -0.403. The van der Waals surface area contributed by atoms with Crippen LogP contribution in [0, 0.1) is 10.1 Å². The highest BCUT2D eigenvalue weighted by Crippen LogP contribution is 2.11. The lowest BCUT2D eigenvalue weighted by molar-refractivity contribution is -0.384. The summed E-state index contributed by atoms with van der Waals surface area (Å²) >= 11 is 5.58. The third kappa shape index (κ3) is 4.42. The van der Waals surface area contributed by atoms with Crippen LogP contribution < -0.4 is 5.32 Å².